The summed E-state index contributed by atoms with van der Waals surface area (Å²) in [5.74, 6) is 1.82. The third kappa shape index (κ3) is 3.81. The number of piperidine rings is 1. The number of methoxy groups -OCH3 is 1. The Morgan fingerprint density at radius 3 is 2.52 bits per heavy atom. The first-order valence-electron chi connectivity index (χ1n) is 8.58. The van der Waals surface area contributed by atoms with E-state index in [0.717, 1.165) is 13.1 Å². The maximum Gasteiger partial charge on any atom is 0.410 e. The van der Waals surface area contributed by atoms with E-state index in [2.05, 4.69) is 5.32 Å². The van der Waals surface area contributed by atoms with Crippen molar-refractivity contribution in [2.45, 2.75) is 45.9 Å². The number of ether oxygens (including phenoxy) is 2. The molecule has 1 amide bonds. The van der Waals surface area contributed by atoms with Crippen LogP contribution in [0.1, 0.15) is 42.6 Å². The van der Waals surface area contributed by atoms with Gasteiger partial charge in [-0.25, -0.2) is 9.59 Å². The van der Waals surface area contributed by atoms with Crippen LogP contribution in [0.3, 0.4) is 0 Å². The third-order valence-corrected chi connectivity index (χ3v) is 4.73. The highest BCUT2D eigenvalue weighted by atomic mass is 16.6. The zero-order valence-corrected chi connectivity index (χ0v) is 15.4. The summed E-state index contributed by atoms with van der Waals surface area (Å²) in [6.45, 7) is 9.38. The van der Waals surface area contributed by atoms with Crippen molar-refractivity contribution in [3.8, 4) is 0 Å². The minimum atomic E-state index is -0.462. The number of hydrogen-bond donors (Lipinski definition) is 1. The van der Waals surface area contributed by atoms with Crippen LogP contribution in [0.2, 0.25) is 0 Å². The van der Waals surface area contributed by atoms with Gasteiger partial charge in [-0.15, -0.1) is 0 Å². The molecule has 3 rings (SSSR count). The number of carbonyl (C=O) groups is 2. The predicted octanol–water partition coefficient (Wildman–Crippen LogP) is 2.33. The van der Waals surface area contributed by atoms with Gasteiger partial charge in [0, 0.05) is 19.1 Å². The number of aryl methyl sites for hydroxylation is 1. The summed E-state index contributed by atoms with van der Waals surface area (Å²) in [5.41, 5.74) is 0.00196. The quantitative estimate of drug-likeness (QED) is 0.840. The summed E-state index contributed by atoms with van der Waals surface area (Å²) in [6, 6.07) is 2.10. The predicted molar refractivity (Wildman–Crippen MR) is 90.2 cm³/mol. The summed E-state index contributed by atoms with van der Waals surface area (Å²) in [7, 11) is 1.36. The SMILES string of the molecule is COC(=O)c1cc(CNC2C3CN(C(=O)OC(C)(C)C)CC32)oc1C. The van der Waals surface area contributed by atoms with E-state index in [-0.39, 0.29) is 12.1 Å². The number of carbonyl (C=O) groups excluding carboxylic acids is 2. The largest absolute Gasteiger partial charge is 0.465 e. The summed E-state index contributed by atoms with van der Waals surface area (Å²) in [5, 5.41) is 3.46. The monoisotopic (exact) mass is 350 g/mol. The number of likely N-dealkylation sites (tertiary alicyclic amines) is 1. The minimum absolute atomic E-state index is 0.233. The van der Waals surface area contributed by atoms with Gasteiger partial charge in [0.2, 0.25) is 0 Å². The van der Waals surface area contributed by atoms with E-state index in [0.29, 0.717) is 41.5 Å². The third-order valence-electron chi connectivity index (χ3n) is 4.73. The zero-order valence-electron chi connectivity index (χ0n) is 15.4. The molecule has 1 aliphatic carbocycles. The Morgan fingerprint density at radius 2 is 1.96 bits per heavy atom. The van der Waals surface area contributed by atoms with Gasteiger partial charge in [-0.1, -0.05) is 0 Å². The van der Waals surface area contributed by atoms with E-state index >= 15 is 0 Å². The maximum atomic E-state index is 12.1. The second-order valence-corrected chi connectivity index (χ2v) is 7.79. The lowest BCUT2D eigenvalue weighted by Crippen LogP contribution is -2.39. The fourth-order valence-electron chi connectivity index (χ4n) is 3.47. The van der Waals surface area contributed by atoms with Crippen molar-refractivity contribution in [1.82, 2.24) is 10.2 Å². The minimum Gasteiger partial charge on any atom is -0.465 e. The summed E-state index contributed by atoms with van der Waals surface area (Å²) >= 11 is 0. The number of fused-ring (bicyclic) bond motifs is 1. The van der Waals surface area contributed by atoms with Gasteiger partial charge in [0.1, 0.15) is 22.7 Å². The van der Waals surface area contributed by atoms with Crippen molar-refractivity contribution in [1.29, 1.82) is 0 Å². The van der Waals surface area contributed by atoms with Gasteiger partial charge in [-0.05, 0) is 45.6 Å². The molecule has 2 aliphatic rings. The Bertz CT molecular complexity index is 663. The molecule has 1 aromatic rings. The van der Waals surface area contributed by atoms with E-state index in [4.69, 9.17) is 13.9 Å². The van der Waals surface area contributed by atoms with Crippen LogP contribution >= 0.6 is 0 Å². The van der Waals surface area contributed by atoms with Crippen LogP contribution in [0.4, 0.5) is 4.79 Å². The van der Waals surface area contributed by atoms with E-state index in [1.54, 1.807) is 17.9 Å². The molecule has 0 spiro atoms. The van der Waals surface area contributed by atoms with Crippen molar-refractivity contribution in [3.05, 3.63) is 23.2 Å². The van der Waals surface area contributed by atoms with Crippen LogP contribution in [0.5, 0.6) is 0 Å². The second-order valence-electron chi connectivity index (χ2n) is 7.79. The number of nitrogens with one attached hydrogen (secondary N) is 1. The molecule has 1 N–H and O–H groups in total. The van der Waals surface area contributed by atoms with Gasteiger partial charge in [0.15, 0.2) is 0 Å². The number of hydrogen-bond acceptors (Lipinski definition) is 6. The van der Waals surface area contributed by atoms with Crippen molar-refractivity contribution in [3.63, 3.8) is 0 Å². The molecule has 1 aromatic heterocycles. The first kappa shape index (κ1) is 17.8. The molecule has 2 heterocycles. The standard InChI is InChI=1S/C18H26N2O5/c1-10-12(16(21)23-5)6-11(24-10)7-19-15-13-8-20(9-14(13)15)17(22)25-18(2,3)4/h6,13-15,19H,7-9H2,1-5H3. The van der Waals surface area contributed by atoms with Crippen LogP contribution in [0.15, 0.2) is 10.5 Å². The van der Waals surface area contributed by atoms with Crippen LogP contribution in [-0.4, -0.2) is 48.8 Å². The molecular weight excluding hydrogens is 324 g/mol. The number of nitrogens with zero attached hydrogens (tertiary/aromatic N) is 1. The fourth-order valence-corrected chi connectivity index (χ4v) is 3.47. The molecule has 1 aliphatic heterocycles. The maximum absolute atomic E-state index is 12.1. The first-order valence-corrected chi connectivity index (χ1v) is 8.58. The van der Waals surface area contributed by atoms with Crippen LogP contribution < -0.4 is 5.32 Å². The van der Waals surface area contributed by atoms with Gasteiger partial charge < -0.3 is 24.1 Å². The highest BCUT2D eigenvalue weighted by molar-refractivity contribution is 5.90. The van der Waals surface area contributed by atoms with E-state index < -0.39 is 5.60 Å². The van der Waals surface area contributed by atoms with Crippen LogP contribution in [-0.2, 0) is 16.0 Å². The van der Waals surface area contributed by atoms with E-state index in [1.165, 1.54) is 7.11 Å². The lowest BCUT2D eigenvalue weighted by Gasteiger charge is -2.26. The summed E-state index contributed by atoms with van der Waals surface area (Å²) in [6.07, 6.45) is -0.233. The van der Waals surface area contributed by atoms with E-state index in [1.807, 2.05) is 20.8 Å². The zero-order chi connectivity index (χ0) is 18.4. The van der Waals surface area contributed by atoms with Crippen LogP contribution in [0, 0.1) is 18.8 Å². The Labute approximate surface area is 147 Å². The van der Waals surface area contributed by atoms with Crippen molar-refractivity contribution in [2.24, 2.45) is 11.8 Å². The van der Waals surface area contributed by atoms with Crippen molar-refractivity contribution >= 4 is 12.1 Å². The van der Waals surface area contributed by atoms with Crippen LogP contribution in [0.25, 0.3) is 0 Å². The average molecular weight is 350 g/mol. The molecule has 25 heavy (non-hydrogen) atoms. The van der Waals surface area contributed by atoms with Gasteiger partial charge in [-0.2, -0.15) is 0 Å². The molecule has 7 heteroatoms. The Hall–Kier alpha value is -2.02. The average Bonchev–Trinajstić information content (AvgIpc) is 2.87. The number of furan rings is 1. The molecule has 7 nitrogen and oxygen atoms in total. The molecular formula is C18H26N2O5. The molecule has 0 aromatic carbocycles. The number of amides is 1. The molecule has 1 saturated carbocycles. The Morgan fingerprint density at radius 1 is 1.32 bits per heavy atom. The number of rotatable bonds is 4. The Balaban J connectivity index is 1.46. The van der Waals surface area contributed by atoms with Gasteiger partial charge in [0.05, 0.1) is 13.7 Å². The fraction of sp³-hybridized carbons (Fsp3) is 0.667. The molecule has 0 radical (unpaired) electrons. The van der Waals surface area contributed by atoms with Gasteiger partial charge >= 0.3 is 12.1 Å². The lowest BCUT2D eigenvalue weighted by atomic mass is 10.2. The molecule has 2 unspecified atom stereocenters. The normalized spacial score (nSPS) is 24.8. The first-order chi connectivity index (χ1) is 11.7. The van der Waals surface area contributed by atoms with Gasteiger partial charge in [-0.3, -0.25) is 0 Å². The van der Waals surface area contributed by atoms with Crippen molar-refractivity contribution in [2.75, 3.05) is 20.2 Å². The molecule has 2 fully saturated rings. The summed E-state index contributed by atoms with van der Waals surface area (Å²) < 4.78 is 15.7. The smallest absolute Gasteiger partial charge is 0.410 e. The Kier molecular flexibility index (Phi) is 4.53. The highest BCUT2D eigenvalue weighted by Crippen LogP contribution is 2.46. The number of esters is 1. The van der Waals surface area contributed by atoms with Crippen molar-refractivity contribution < 1.29 is 23.5 Å². The van der Waals surface area contributed by atoms with Gasteiger partial charge in [0.25, 0.3) is 0 Å². The highest BCUT2D eigenvalue weighted by Gasteiger charge is 2.57. The summed E-state index contributed by atoms with van der Waals surface area (Å²) in [4.78, 5) is 25.5. The molecule has 138 valence electrons. The molecule has 0 bridgehead atoms. The van der Waals surface area contributed by atoms with E-state index in [9.17, 15) is 9.59 Å². The molecule has 1 saturated heterocycles. The second kappa shape index (κ2) is 6.37. The lowest BCUT2D eigenvalue weighted by molar-refractivity contribution is 0.0268. The topological polar surface area (TPSA) is 81.0 Å². The molecule has 2 atom stereocenters.